The van der Waals surface area contributed by atoms with Crippen LogP contribution in [0.5, 0.6) is 5.75 Å². The number of hydrogen-bond donors (Lipinski definition) is 1. The van der Waals surface area contributed by atoms with Gasteiger partial charge in [0.15, 0.2) is 12.4 Å². The van der Waals surface area contributed by atoms with Crippen LogP contribution < -0.4 is 10.2 Å². The topological polar surface area (TPSA) is 68.5 Å². The molecule has 0 aliphatic carbocycles. The minimum atomic E-state index is -0.362. The number of benzene rings is 2. The lowest BCUT2D eigenvalue weighted by Crippen LogP contribution is -2.24. The van der Waals surface area contributed by atoms with Gasteiger partial charge in [-0.25, -0.2) is 5.43 Å². The summed E-state index contributed by atoms with van der Waals surface area (Å²) in [6, 6.07) is 16.2. The summed E-state index contributed by atoms with van der Waals surface area (Å²) in [6.07, 6.45) is 4.35. The van der Waals surface area contributed by atoms with E-state index in [-0.39, 0.29) is 12.5 Å². The average Bonchev–Trinajstić information content (AvgIpc) is 3.11. The van der Waals surface area contributed by atoms with E-state index in [0.717, 1.165) is 38.9 Å². The highest BCUT2D eigenvalue weighted by molar-refractivity contribution is 9.11. The Morgan fingerprint density at radius 2 is 1.91 bits per heavy atom. The molecule has 0 spiro atoms. The van der Waals surface area contributed by atoms with E-state index in [9.17, 15) is 4.79 Å². The molecule has 0 atom stereocenters. The highest BCUT2D eigenvalue weighted by Crippen LogP contribution is 2.37. The molecule has 174 valence electrons. The molecule has 6 nitrogen and oxygen atoms in total. The summed E-state index contributed by atoms with van der Waals surface area (Å²) in [4.78, 5) is 16.7. The maximum atomic E-state index is 12.4. The number of ether oxygens (including phenoxy) is 1. The third-order valence-corrected chi connectivity index (χ3v) is 6.81. The lowest BCUT2D eigenvalue weighted by Gasteiger charge is -2.11. The zero-order valence-corrected chi connectivity index (χ0v) is 22.3. The maximum absolute atomic E-state index is 12.4. The molecule has 4 rings (SSSR count). The summed E-state index contributed by atoms with van der Waals surface area (Å²) in [6.45, 7) is 6.05. The van der Waals surface area contributed by atoms with Crippen LogP contribution in [0.1, 0.15) is 29.4 Å². The summed E-state index contributed by atoms with van der Waals surface area (Å²) in [5.41, 5.74) is 8.69. The number of pyridine rings is 1. The van der Waals surface area contributed by atoms with Crippen molar-refractivity contribution in [1.82, 2.24) is 15.0 Å². The van der Waals surface area contributed by atoms with Crippen molar-refractivity contribution in [3.05, 3.63) is 86.2 Å². The lowest BCUT2D eigenvalue weighted by molar-refractivity contribution is -0.123. The Kier molecular flexibility index (Phi) is 7.48. The number of hydrazone groups is 1. The van der Waals surface area contributed by atoms with Crippen molar-refractivity contribution in [3.63, 3.8) is 0 Å². The van der Waals surface area contributed by atoms with E-state index in [2.05, 4.69) is 90.1 Å². The highest BCUT2D eigenvalue weighted by Gasteiger charge is 2.14. The van der Waals surface area contributed by atoms with Gasteiger partial charge in [-0.1, -0.05) is 41.1 Å². The molecule has 2 heterocycles. The largest absolute Gasteiger partial charge is 0.480 e. The van der Waals surface area contributed by atoms with Gasteiger partial charge in [-0.2, -0.15) is 5.10 Å². The number of aryl methyl sites for hydroxylation is 2. The lowest BCUT2D eigenvalue weighted by atomic mass is 10.1. The van der Waals surface area contributed by atoms with Crippen LogP contribution in [-0.2, 0) is 11.2 Å². The second-order valence-corrected chi connectivity index (χ2v) is 9.54. The molecule has 0 bridgehead atoms. The number of aromatic nitrogens is 2. The minimum Gasteiger partial charge on any atom is -0.480 e. The number of nitrogens with zero attached hydrogens (tertiary/aromatic N) is 3. The molecule has 0 aliphatic heterocycles. The Morgan fingerprint density at radius 3 is 2.65 bits per heavy atom. The first-order valence-corrected chi connectivity index (χ1v) is 12.4. The molecule has 34 heavy (non-hydrogen) atoms. The number of amides is 1. The van der Waals surface area contributed by atoms with Crippen LogP contribution in [0, 0.1) is 13.8 Å². The Morgan fingerprint density at radius 1 is 1.15 bits per heavy atom. The molecule has 8 heteroatoms. The SMILES string of the molecule is CCc1ccc(-n2c(C)cc(/C=N/NC(=O)COc3c(Br)cc(Br)c4cccnc34)c2C)cc1. The van der Waals surface area contributed by atoms with Crippen molar-refractivity contribution >= 4 is 54.9 Å². The molecule has 0 unspecified atom stereocenters. The zero-order chi connectivity index (χ0) is 24.2. The van der Waals surface area contributed by atoms with Crippen molar-refractivity contribution in [3.8, 4) is 11.4 Å². The number of carbonyl (C=O) groups is 1. The highest BCUT2D eigenvalue weighted by atomic mass is 79.9. The third-order valence-electron chi connectivity index (χ3n) is 5.56. The Bertz CT molecular complexity index is 1380. The minimum absolute atomic E-state index is 0.188. The predicted molar refractivity (Wildman–Crippen MR) is 143 cm³/mol. The van der Waals surface area contributed by atoms with Gasteiger partial charge in [0.25, 0.3) is 5.91 Å². The average molecular weight is 584 g/mol. The first kappa shape index (κ1) is 24.2. The van der Waals surface area contributed by atoms with Gasteiger partial charge >= 0.3 is 0 Å². The van der Waals surface area contributed by atoms with Crippen LogP contribution >= 0.6 is 31.9 Å². The van der Waals surface area contributed by atoms with Crippen LogP contribution in [-0.4, -0.2) is 28.3 Å². The predicted octanol–water partition coefficient (Wildman–Crippen LogP) is 6.26. The fourth-order valence-electron chi connectivity index (χ4n) is 3.82. The van der Waals surface area contributed by atoms with Crippen LogP contribution in [0.25, 0.3) is 16.6 Å². The fourth-order valence-corrected chi connectivity index (χ4v) is 5.21. The standard InChI is InChI=1S/C26H24Br2N4O2/c1-4-18-7-9-20(10-8-18)32-16(2)12-19(17(32)3)14-30-31-24(33)15-34-26-23(28)13-22(27)21-6-5-11-29-25(21)26/h5-14H,4,15H2,1-3H3,(H,31,33)/b30-14+. The Hall–Kier alpha value is -2.97. The third kappa shape index (κ3) is 5.08. The van der Waals surface area contributed by atoms with Crippen molar-refractivity contribution in [2.75, 3.05) is 6.61 Å². The number of carbonyl (C=O) groups excluding carboxylic acids is 1. The van der Waals surface area contributed by atoms with Crippen LogP contribution in [0.2, 0.25) is 0 Å². The summed E-state index contributed by atoms with van der Waals surface area (Å²) in [5.74, 6) is 0.148. The van der Waals surface area contributed by atoms with Crippen LogP contribution in [0.4, 0.5) is 0 Å². The zero-order valence-electron chi connectivity index (χ0n) is 19.1. The molecular formula is C26H24Br2N4O2. The smallest absolute Gasteiger partial charge is 0.277 e. The molecule has 0 saturated carbocycles. The Labute approximate surface area is 215 Å². The number of nitrogens with one attached hydrogen (secondary N) is 1. The summed E-state index contributed by atoms with van der Waals surface area (Å²) in [5, 5.41) is 5.04. The van der Waals surface area contributed by atoms with Gasteiger partial charge in [0.1, 0.15) is 5.52 Å². The number of fused-ring (bicyclic) bond motifs is 1. The van der Waals surface area contributed by atoms with Gasteiger partial charge in [-0.3, -0.25) is 9.78 Å². The van der Waals surface area contributed by atoms with Gasteiger partial charge in [-0.05, 0) is 72.1 Å². The second kappa shape index (κ2) is 10.5. The van der Waals surface area contributed by atoms with E-state index in [4.69, 9.17) is 4.74 Å². The Balaban J connectivity index is 1.43. The van der Waals surface area contributed by atoms with Crippen LogP contribution in [0.3, 0.4) is 0 Å². The van der Waals surface area contributed by atoms with E-state index in [1.807, 2.05) is 31.2 Å². The van der Waals surface area contributed by atoms with Gasteiger partial charge in [-0.15, -0.1) is 0 Å². The molecule has 0 fully saturated rings. The maximum Gasteiger partial charge on any atom is 0.277 e. The van der Waals surface area contributed by atoms with E-state index in [1.54, 1.807) is 12.4 Å². The first-order chi connectivity index (χ1) is 16.4. The molecule has 1 N–H and O–H groups in total. The molecule has 2 aromatic carbocycles. The number of hydrogen-bond acceptors (Lipinski definition) is 4. The van der Waals surface area contributed by atoms with E-state index in [1.165, 1.54) is 5.56 Å². The second-order valence-electron chi connectivity index (χ2n) is 7.83. The monoisotopic (exact) mass is 582 g/mol. The first-order valence-electron chi connectivity index (χ1n) is 10.8. The van der Waals surface area contributed by atoms with Gasteiger partial charge in [0, 0.05) is 38.7 Å². The summed E-state index contributed by atoms with van der Waals surface area (Å²) >= 11 is 7.01. The molecule has 0 saturated heterocycles. The van der Waals surface area contributed by atoms with E-state index < -0.39 is 0 Å². The molecule has 4 aromatic rings. The summed E-state index contributed by atoms with van der Waals surface area (Å²) in [7, 11) is 0. The summed E-state index contributed by atoms with van der Waals surface area (Å²) < 4.78 is 9.55. The van der Waals surface area contributed by atoms with Crippen molar-refractivity contribution in [1.29, 1.82) is 0 Å². The van der Waals surface area contributed by atoms with Crippen molar-refractivity contribution in [2.24, 2.45) is 5.10 Å². The number of rotatable bonds is 7. The molecule has 1 amide bonds. The van der Waals surface area contributed by atoms with Gasteiger partial charge in [0.2, 0.25) is 0 Å². The van der Waals surface area contributed by atoms with Crippen molar-refractivity contribution in [2.45, 2.75) is 27.2 Å². The molecular weight excluding hydrogens is 560 g/mol. The normalized spacial score (nSPS) is 11.3. The van der Waals surface area contributed by atoms with E-state index in [0.29, 0.717) is 15.7 Å². The van der Waals surface area contributed by atoms with Crippen LogP contribution in [0.15, 0.2) is 68.8 Å². The fraction of sp³-hybridized carbons (Fsp3) is 0.192. The number of halogens is 2. The molecule has 0 radical (unpaired) electrons. The van der Waals surface area contributed by atoms with Gasteiger partial charge < -0.3 is 9.30 Å². The van der Waals surface area contributed by atoms with E-state index >= 15 is 0 Å². The molecule has 0 aliphatic rings. The quantitative estimate of drug-likeness (QED) is 0.206. The van der Waals surface area contributed by atoms with Crippen molar-refractivity contribution < 1.29 is 9.53 Å². The van der Waals surface area contributed by atoms with Gasteiger partial charge in [0.05, 0.1) is 10.7 Å². The molecule has 2 aromatic heterocycles.